The highest BCUT2D eigenvalue weighted by molar-refractivity contribution is 5.79. The zero-order valence-corrected chi connectivity index (χ0v) is 9.39. The van der Waals surface area contributed by atoms with Crippen LogP contribution in [-0.2, 0) is 0 Å². The number of nitrogens with two attached hydrogens (primary N) is 1. The lowest BCUT2D eigenvalue weighted by Gasteiger charge is -2.29. The Bertz CT molecular complexity index is 227. The number of rotatable bonds is 5. The van der Waals surface area contributed by atoms with Crippen LogP contribution in [0.1, 0.15) is 25.7 Å². The number of aliphatic hydroxyl groups excluding tert-OH is 3. The number of nitrogens with one attached hydrogen (secondary N) is 1. The molecule has 16 heavy (non-hydrogen) atoms. The molecule has 6 heteroatoms. The van der Waals surface area contributed by atoms with Gasteiger partial charge in [0, 0.05) is 0 Å². The van der Waals surface area contributed by atoms with Crippen LogP contribution in [0.2, 0.25) is 0 Å². The minimum Gasteiger partial charge on any atom is -0.394 e. The fourth-order valence-corrected chi connectivity index (χ4v) is 1.80. The topological polar surface area (TPSA) is 111 Å². The summed E-state index contributed by atoms with van der Waals surface area (Å²) in [7, 11) is 0. The van der Waals surface area contributed by atoms with Gasteiger partial charge in [-0.15, -0.1) is 0 Å². The lowest BCUT2D eigenvalue weighted by molar-refractivity contribution is 0.0555. The molecular weight excluding hydrogens is 210 g/mol. The van der Waals surface area contributed by atoms with Gasteiger partial charge in [-0.25, -0.2) is 0 Å². The molecule has 0 spiro atoms. The quantitative estimate of drug-likeness (QED) is 0.293. The molecule has 0 aromatic heterocycles. The van der Waals surface area contributed by atoms with Gasteiger partial charge in [0.05, 0.1) is 25.9 Å². The molecule has 1 fully saturated rings. The highest BCUT2D eigenvalue weighted by Gasteiger charge is 2.28. The SMILES string of the molecule is NC(=NC1CCCC1)NC(CO)(CO)CO. The standard InChI is InChI=1S/C10H21N3O3/c11-9(12-8-3-1-2-4-8)13-10(5-14,6-15)7-16/h8,14-16H,1-7H2,(H3,11,12,13). The van der Waals surface area contributed by atoms with Crippen molar-refractivity contribution in [1.29, 1.82) is 0 Å². The maximum absolute atomic E-state index is 9.09. The molecule has 1 aliphatic rings. The maximum Gasteiger partial charge on any atom is 0.189 e. The zero-order chi connectivity index (χ0) is 12.0. The number of hydrogen-bond donors (Lipinski definition) is 5. The summed E-state index contributed by atoms with van der Waals surface area (Å²) in [5, 5.41) is 30.0. The van der Waals surface area contributed by atoms with Crippen LogP contribution in [0.15, 0.2) is 4.99 Å². The third-order valence-electron chi connectivity index (χ3n) is 2.95. The Labute approximate surface area is 95.2 Å². The number of hydrogen-bond acceptors (Lipinski definition) is 4. The van der Waals surface area contributed by atoms with Crippen LogP contribution in [0.5, 0.6) is 0 Å². The van der Waals surface area contributed by atoms with Crippen molar-refractivity contribution in [1.82, 2.24) is 5.32 Å². The van der Waals surface area contributed by atoms with Crippen LogP contribution in [0, 0.1) is 0 Å². The van der Waals surface area contributed by atoms with E-state index in [0.29, 0.717) is 0 Å². The number of aliphatic imine (C=N–C) groups is 1. The van der Waals surface area contributed by atoms with E-state index in [-0.39, 0.29) is 12.0 Å². The molecular formula is C10H21N3O3. The van der Waals surface area contributed by atoms with Gasteiger partial charge in [-0.3, -0.25) is 4.99 Å². The minimum atomic E-state index is -1.19. The predicted octanol–water partition coefficient (Wildman–Crippen LogP) is -1.45. The molecule has 6 N–H and O–H groups in total. The first kappa shape index (κ1) is 13.2. The third kappa shape index (κ3) is 3.33. The molecule has 0 amide bonds. The Morgan fingerprint density at radius 1 is 1.19 bits per heavy atom. The first-order valence-corrected chi connectivity index (χ1v) is 5.60. The van der Waals surface area contributed by atoms with Gasteiger partial charge < -0.3 is 26.4 Å². The summed E-state index contributed by atoms with van der Waals surface area (Å²) in [6, 6.07) is 0.223. The summed E-state index contributed by atoms with van der Waals surface area (Å²) in [5.41, 5.74) is 4.48. The molecule has 0 radical (unpaired) electrons. The summed E-state index contributed by atoms with van der Waals surface area (Å²) in [6.45, 7) is -1.21. The van der Waals surface area contributed by atoms with Gasteiger partial charge in [0.2, 0.25) is 0 Å². The predicted molar refractivity (Wildman–Crippen MR) is 61.0 cm³/mol. The lowest BCUT2D eigenvalue weighted by atomic mass is 10.0. The van der Waals surface area contributed by atoms with E-state index in [4.69, 9.17) is 21.1 Å². The first-order valence-electron chi connectivity index (χ1n) is 5.60. The van der Waals surface area contributed by atoms with Crippen LogP contribution in [0.3, 0.4) is 0 Å². The van der Waals surface area contributed by atoms with Gasteiger partial charge in [-0.05, 0) is 12.8 Å². The molecule has 0 unspecified atom stereocenters. The van der Waals surface area contributed by atoms with Crippen molar-refractivity contribution in [3.8, 4) is 0 Å². The summed E-state index contributed by atoms with van der Waals surface area (Å²) < 4.78 is 0. The molecule has 94 valence electrons. The number of nitrogens with zero attached hydrogens (tertiary/aromatic N) is 1. The molecule has 0 bridgehead atoms. The molecule has 6 nitrogen and oxygen atoms in total. The number of aliphatic hydroxyl groups is 3. The van der Waals surface area contributed by atoms with Crippen molar-refractivity contribution >= 4 is 5.96 Å². The van der Waals surface area contributed by atoms with Crippen molar-refractivity contribution < 1.29 is 15.3 Å². The summed E-state index contributed by atoms with van der Waals surface area (Å²) in [6.07, 6.45) is 4.36. The average Bonchev–Trinajstić information content (AvgIpc) is 2.79. The highest BCUT2D eigenvalue weighted by atomic mass is 16.3. The fraction of sp³-hybridized carbons (Fsp3) is 0.900. The van der Waals surface area contributed by atoms with Crippen molar-refractivity contribution in [3.05, 3.63) is 0 Å². The Morgan fingerprint density at radius 2 is 1.69 bits per heavy atom. The molecule has 0 aromatic rings. The zero-order valence-electron chi connectivity index (χ0n) is 9.39. The van der Waals surface area contributed by atoms with Gasteiger partial charge in [-0.1, -0.05) is 12.8 Å². The van der Waals surface area contributed by atoms with Crippen molar-refractivity contribution in [2.45, 2.75) is 37.3 Å². The Hall–Kier alpha value is -0.850. The van der Waals surface area contributed by atoms with E-state index in [2.05, 4.69) is 10.3 Å². The third-order valence-corrected chi connectivity index (χ3v) is 2.95. The summed E-state index contributed by atoms with van der Waals surface area (Å²) >= 11 is 0. The van der Waals surface area contributed by atoms with E-state index in [0.717, 1.165) is 25.7 Å². The van der Waals surface area contributed by atoms with Crippen LogP contribution in [-0.4, -0.2) is 52.7 Å². The average molecular weight is 231 g/mol. The van der Waals surface area contributed by atoms with Crippen LogP contribution < -0.4 is 11.1 Å². The van der Waals surface area contributed by atoms with Crippen molar-refractivity contribution in [2.75, 3.05) is 19.8 Å². The van der Waals surface area contributed by atoms with Crippen molar-refractivity contribution in [2.24, 2.45) is 10.7 Å². The molecule has 1 rings (SSSR count). The Morgan fingerprint density at radius 3 is 2.12 bits per heavy atom. The maximum atomic E-state index is 9.09. The molecule has 1 aliphatic carbocycles. The van der Waals surface area contributed by atoms with Gasteiger partial charge >= 0.3 is 0 Å². The van der Waals surface area contributed by atoms with E-state index >= 15 is 0 Å². The van der Waals surface area contributed by atoms with Gasteiger partial charge in [-0.2, -0.15) is 0 Å². The van der Waals surface area contributed by atoms with E-state index in [1.807, 2.05) is 0 Å². The summed E-state index contributed by atoms with van der Waals surface area (Å²) in [4.78, 5) is 4.25. The van der Waals surface area contributed by atoms with Gasteiger partial charge in [0.15, 0.2) is 5.96 Å². The second kappa shape index (κ2) is 6.03. The largest absolute Gasteiger partial charge is 0.394 e. The molecule has 0 aliphatic heterocycles. The normalized spacial score (nSPS) is 19.1. The van der Waals surface area contributed by atoms with E-state index in [1.54, 1.807) is 0 Å². The first-order chi connectivity index (χ1) is 7.65. The second-order valence-corrected chi connectivity index (χ2v) is 4.33. The summed E-state index contributed by atoms with van der Waals surface area (Å²) in [5.74, 6) is 0.170. The van der Waals surface area contributed by atoms with E-state index < -0.39 is 25.4 Å². The monoisotopic (exact) mass is 231 g/mol. The van der Waals surface area contributed by atoms with Crippen LogP contribution >= 0.6 is 0 Å². The molecule has 0 atom stereocenters. The van der Waals surface area contributed by atoms with Gasteiger partial charge in [0.1, 0.15) is 5.54 Å². The highest BCUT2D eigenvalue weighted by Crippen LogP contribution is 2.20. The van der Waals surface area contributed by atoms with Crippen LogP contribution in [0.25, 0.3) is 0 Å². The molecule has 0 aromatic carbocycles. The minimum absolute atomic E-state index is 0.170. The fourth-order valence-electron chi connectivity index (χ4n) is 1.80. The molecule has 0 heterocycles. The molecule has 1 saturated carbocycles. The van der Waals surface area contributed by atoms with Crippen LogP contribution in [0.4, 0.5) is 0 Å². The number of guanidine groups is 1. The van der Waals surface area contributed by atoms with Crippen molar-refractivity contribution in [3.63, 3.8) is 0 Å². The Balaban J connectivity index is 2.56. The molecule has 0 saturated heterocycles. The van der Waals surface area contributed by atoms with E-state index in [1.165, 1.54) is 0 Å². The Kier molecular flexibility index (Phi) is 4.98. The smallest absolute Gasteiger partial charge is 0.189 e. The lowest BCUT2D eigenvalue weighted by Crippen LogP contribution is -2.59. The van der Waals surface area contributed by atoms with E-state index in [9.17, 15) is 0 Å². The van der Waals surface area contributed by atoms with Gasteiger partial charge in [0.25, 0.3) is 0 Å². The second-order valence-electron chi connectivity index (χ2n) is 4.33.